The lowest BCUT2D eigenvalue weighted by molar-refractivity contribution is 0.240. The van der Waals surface area contributed by atoms with Crippen LogP contribution in [0.3, 0.4) is 0 Å². The summed E-state index contributed by atoms with van der Waals surface area (Å²) in [5, 5.41) is 20.0. The lowest BCUT2D eigenvalue weighted by Crippen LogP contribution is -2.20. The summed E-state index contributed by atoms with van der Waals surface area (Å²) in [6.07, 6.45) is 4.91. The third-order valence-corrected chi connectivity index (χ3v) is 3.72. The number of amidine groups is 1. The van der Waals surface area contributed by atoms with Crippen LogP contribution in [0, 0.1) is 19.8 Å². The van der Waals surface area contributed by atoms with Crippen LogP contribution in [0.5, 0.6) is 5.88 Å². The van der Waals surface area contributed by atoms with Crippen LogP contribution < -0.4 is 10.5 Å². The quantitative estimate of drug-likeness (QED) is 0.374. The molecule has 0 amide bonds. The molecule has 0 spiro atoms. The predicted octanol–water partition coefficient (Wildman–Crippen LogP) is 1.76. The predicted molar refractivity (Wildman–Crippen MR) is 71.5 cm³/mol. The van der Waals surface area contributed by atoms with E-state index in [0.29, 0.717) is 24.0 Å². The van der Waals surface area contributed by atoms with Crippen LogP contribution in [-0.4, -0.2) is 27.8 Å². The van der Waals surface area contributed by atoms with E-state index in [1.165, 1.54) is 25.7 Å². The molecule has 1 aromatic heterocycles. The molecule has 1 aromatic rings. The van der Waals surface area contributed by atoms with Gasteiger partial charge < -0.3 is 15.7 Å². The number of rotatable bonds is 4. The zero-order chi connectivity index (χ0) is 13.8. The number of ether oxygens (including phenoxy) is 1. The number of aromatic nitrogens is 2. The molecular formula is C13H20N4O2. The summed E-state index contributed by atoms with van der Waals surface area (Å²) in [5.41, 5.74) is 7.81. The Morgan fingerprint density at radius 1 is 1.37 bits per heavy atom. The van der Waals surface area contributed by atoms with Gasteiger partial charge in [0.1, 0.15) is 0 Å². The van der Waals surface area contributed by atoms with Crippen LogP contribution in [0.25, 0.3) is 0 Å². The number of hydrogen-bond acceptors (Lipinski definition) is 5. The largest absolute Gasteiger partial charge is 0.476 e. The summed E-state index contributed by atoms with van der Waals surface area (Å²) in [6.45, 7) is 4.31. The topological polar surface area (TPSA) is 93.6 Å². The lowest BCUT2D eigenvalue weighted by atomic mass is 10.1. The fraction of sp³-hybridized carbons (Fsp3) is 0.615. The van der Waals surface area contributed by atoms with E-state index in [4.69, 9.17) is 15.7 Å². The van der Waals surface area contributed by atoms with Crippen molar-refractivity contribution in [2.75, 3.05) is 6.61 Å². The van der Waals surface area contributed by atoms with Crippen LogP contribution in [0.1, 0.15) is 42.5 Å². The van der Waals surface area contributed by atoms with Crippen molar-refractivity contribution in [2.24, 2.45) is 16.8 Å². The molecule has 1 aliphatic carbocycles. The van der Waals surface area contributed by atoms with Crippen LogP contribution in [-0.2, 0) is 0 Å². The van der Waals surface area contributed by atoms with Gasteiger partial charge in [-0.3, -0.25) is 0 Å². The van der Waals surface area contributed by atoms with E-state index < -0.39 is 0 Å². The summed E-state index contributed by atoms with van der Waals surface area (Å²) in [6, 6.07) is 0. The summed E-state index contributed by atoms with van der Waals surface area (Å²) < 4.78 is 5.73. The second-order valence-corrected chi connectivity index (χ2v) is 5.04. The second kappa shape index (κ2) is 5.86. The van der Waals surface area contributed by atoms with Crippen molar-refractivity contribution < 1.29 is 9.94 Å². The molecule has 1 saturated carbocycles. The van der Waals surface area contributed by atoms with E-state index in [1.54, 1.807) is 0 Å². The van der Waals surface area contributed by atoms with Crippen molar-refractivity contribution in [3.05, 3.63) is 16.8 Å². The standard InChI is InChI=1S/C13H20N4O2/c1-8-9(2)15-16-13(11(8)12(14)17-18)19-7-10-5-3-4-6-10/h10,18H,3-7H2,1-2H3,(H2,14,17). The van der Waals surface area contributed by atoms with Gasteiger partial charge in [0.15, 0.2) is 5.84 Å². The van der Waals surface area contributed by atoms with Gasteiger partial charge in [-0.05, 0) is 38.2 Å². The Balaban J connectivity index is 2.21. The number of hydrogen-bond donors (Lipinski definition) is 2. The average Bonchev–Trinajstić information content (AvgIpc) is 2.92. The second-order valence-electron chi connectivity index (χ2n) is 5.04. The van der Waals surface area contributed by atoms with Crippen LogP contribution in [0.4, 0.5) is 0 Å². The van der Waals surface area contributed by atoms with Gasteiger partial charge >= 0.3 is 0 Å². The Morgan fingerprint density at radius 3 is 2.68 bits per heavy atom. The number of nitrogens with two attached hydrogens (primary N) is 1. The Kier molecular flexibility index (Phi) is 4.19. The van der Waals surface area contributed by atoms with Crippen LogP contribution >= 0.6 is 0 Å². The van der Waals surface area contributed by atoms with Crippen LogP contribution in [0.15, 0.2) is 5.16 Å². The molecule has 1 heterocycles. The maximum Gasteiger partial charge on any atom is 0.244 e. The van der Waals surface area contributed by atoms with Gasteiger partial charge in [-0.2, -0.15) is 5.10 Å². The first-order valence-electron chi connectivity index (χ1n) is 6.58. The molecule has 3 N–H and O–H groups in total. The maximum absolute atomic E-state index is 8.87. The highest BCUT2D eigenvalue weighted by Crippen LogP contribution is 2.26. The molecule has 0 atom stereocenters. The van der Waals surface area contributed by atoms with Crippen molar-refractivity contribution in [3.8, 4) is 5.88 Å². The average molecular weight is 264 g/mol. The van der Waals surface area contributed by atoms with Crippen molar-refractivity contribution in [1.82, 2.24) is 10.2 Å². The van der Waals surface area contributed by atoms with E-state index in [9.17, 15) is 0 Å². The first kappa shape index (κ1) is 13.6. The normalized spacial score (nSPS) is 16.8. The van der Waals surface area contributed by atoms with E-state index in [0.717, 1.165) is 11.3 Å². The first-order chi connectivity index (χ1) is 9.13. The summed E-state index contributed by atoms with van der Waals surface area (Å²) >= 11 is 0. The summed E-state index contributed by atoms with van der Waals surface area (Å²) in [5.74, 6) is 0.936. The Labute approximate surface area is 112 Å². The SMILES string of the molecule is Cc1nnc(OCC2CCCC2)c(C(N)=NO)c1C. The molecule has 6 nitrogen and oxygen atoms in total. The fourth-order valence-corrected chi connectivity index (χ4v) is 2.41. The minimum atomic E-state index is 0.0110. The Hall–Kier alpha value is -1.85. The molecular weight excluding hydrogens is 244 g/mol. The molecule has 0 saturated heterocycles. The molecule has 1 aliphatic rings. The van der Waals surface area contributed by atoms with Crippen molar-refractivity contribution in [3.63, 3.8) is 0 Å². The highest BCUT2D eigenvalue weighted by molar-refractivity contribution is 6.00. The smallest absolute Gasteiger partial charge is 0.244 e. The van der Waals surface area contributed by atoms with E-state index in [1.807, 2.05) is 13.8 Å². The zero-order valence-corrected chi connectivity index (χ0v) is 11.4. The highest BCUT2D eigenvalue weighted by Gasteiger charge is 2.20. The maximum atomic E-state index is 8.87. The van der Waals surface area contributed by atoms with Crippen LogP contribution in [0.2, 0.25) is 0 Å². The molecule has 0 aliphatic heterocycles. The monoisotopic (exact) mass is 264 g/mol. The molecule has 0 unspecified atom stereocenters. The third-order valence-electron chi connectivity index (χ3n) is 3.72. The summed E-state index contributed by atoms with van der Waals surface area (Å²) in [4.78, 5) is 0. The number of nitrogens with zero attached hydrogens (tertiary/aromatic N) is 3. The van der Waals surface area contributed by atoms with E-state index >= 15 is 0 Å². The lowest BCUT2D eigenvalue weighted by Gasteiger charge is -2.14. The number of aryl methyl sites for hydroxylation is 1. The Bertz CT molecular complexity index is 482. The molecule has 2 rings (SSSR count). The van der Waals surface area contributed by atoms with Crippen molar-refractivity contribution in [2.45, 2.75) is 39.5 Å². The first-order valence-corrected chi connectivity index (χ1v) is 6.58. The highest BCUT2D eigenvalue weighted by atomic mass is 16.5. The van der Waals surface area contributed by atoms with Crippen molar-refractivity contribution in [1.29, 1.82) is 0 Å². The third kappa shape index (κ3) is 2.94. The van der Waals surface area contributed by atoms with Gasteiger partial charge in [0, 0.05) is 0 Å². The van der Waals surface area contributed by atoms with Gasteiger partial charge in [-0.15, -0.1) is 5.10 Å². The minimum Gasteiger partial charge on any atom is -0.476 e. The zero-order valence-electron chi connectivity index (χ0n) is 11.4. The minimum absolute atomic E-state index is 0.0110. The summed E-state index contributed by atoms with van der Waals surface area (Å²) in [7, 11) is 0. The fourth-order valence-electron chi connectivity index (χ4n) is 2.41. The van der Waals surface area contributed by atoms with Gasteiger partial charge in [0.05, 0.1) is 17.9 Å². The molecule has 1 fully saturated rings. The van der Waals surface area contributed by atoms with Crippen molar-refractivity contribution >= 4 is 5.84 Å². The van der Waals surface area contributed by atoms with Gasteiger partial charge in [0.25, 0.3) is 0 Å². The molecule has 0 radical (unpaired) electrons. The molecule has 6 heteroatoms. The molecule has 104 valence electrons. The van der Waals surface area contributed by atoms with Gasteiger partial charge in [-0.25, -0.2) is 0 Å². The Morgan fingerprint density at radius 2 is 2.05 bits per heavy atom. The molecule has 0 bridgehead atoms. The van der Waals surface area contributed by atoms with E-state index in [2.05, 4.69) is 15.4 Å². The molecule has 0 aromatic carbocycles. The molecule has 19 heavy (non-hydrogen) atoms. The number of oxime groups is 1. The van der Waals surface area contributed by atoms with Gasteiger partial charge in [0.2, 0.25) is 5.88 Å². The van der Waals surface area contributed by atoms with E-state index in [-0.39, 0.29) is 5.84 Å². The van der Waals surface area contributed by atoms with Gasteiger partial charge in [-0.1, -0.05) is 18.0 Å².